The molecule has 1 N–H and O–H groups in total. The first-order valence-electron chi connectivity index (χ1n) is 7.08. The molecule has 0 bridgehead atoms. The van der Waals surface area contributed by atoms with Crippen LogP contribution in [0.4, 0.5) is 0 Å². The number of halogens is 1. The van der Waals surface area contributed by atoms with Crippen LogP contribution in [0.2, 0.25) is 5.02 Å². The maximum atomic E-state index is 12.7. The molecule has 0 unspecified atom stereocenters. The van der Waals surface area contributed by atoms with Gasteiger partial charge in [-0.05, 0) is 48.4 Å². The molecule has 0 amide bonds. The molecule has 23 heavy (non-hydrogen) atoms. The van der Waals surface area contributed by atoms with Crippen molar-refractivity contribution in [1.82, 2.24) is 4.98 Å². The van der Waals surface area contributed by atoms with E-state index in [-0.39, 0.29) is 9.79 Å². The Morgan fingerprint density at radius 3 is 2.43 bits per heavy atom. The summed E-state index contributed by atoms with van der Waals surface area (Å²) in [6, 6.07) is 11.2. The van der Waals surface area contributed by atoms with Gasteiger partial charge in [0.05, 0.1) is 4.90 Å². The third kappa shape index (κ3) is 2.78. The van der Waals surface area contributed by atoms with Crippen LogP contribution in [0.1, 0.15) is 12.5 Å². The number of aryl methyl sites for hydroxylation is 1. The lowest BCUT2D eigenvalue weighted by Gasteiger charge is -2.07. The summed E-state index contributed by atoms with van der Waals surface area (Å²) < 4.78 is 25.4. The summed E-state index contributed by atoms with van der Waals surface area (Å²) in [6.07, 6.45) is 2.02. The standard InChI is InChI=1S/C17H14ClNO3S/c1-2-11-3-8-15-14(9-11)17(20)16(10-19-15)23(21,22)13-6-4-12(18)5-7-13/h3-10H,2H2,1H3,(H,19,20). The number of aromatic amines is 1. The fraction of sp³-hybridized carbons (Fsp3) is 0.118. The number of rotatable bonds is 3. The fourth-order valence-corrected chi connectivity index (χ4v) is 3.85. The molecule has 0 saturated carbocycles. The quantitative estimate of drug-likeness (QED) is 0.787. The van der Waals surface area contributed by atoms with Crippen LogP contribution in [0, 0.1) is 0 Å². The lowest BCUT2D eigenvalue weighted by molar-refractivity contribution is 0.595. The Hall–Kier alpha value is -2.11. The smallest absolute Gasteiger partial charge is 0.211 e. The molecule has 0 aliphatic carbocycles. The van der Waals surface area contributed by atoms with Crippen molar-refractivity contribution in [3.8, 4) is 0 Å². The highest BCUT2D eigenvalue weighted by molar-refractivity contribution is 7.91. The number of hydrogen-bond donors (Lipinski definition) is 1. The van der Waals surface area contributed by atoms with E-state index in [0.717, 1.165) is 12.0 Å². The minimum Gasteiger partial charge on any atom is -0.360 e. The van der Waals surface area contributed by atoms with Crippen molar-refractivity contribution < 1.29 is 8.42 Å². The predicted octanol–water partition coefficient (Wildman–Crippen LogP) is 3.58. The van der Waals surface area contributed by atoms with Crippen molar-refractivity contribution in [2.24, 2.45) is 0 Å². The molecule has 0 aliphatic heterocycles. The molecule has 0 radical (unpaired) electrons. The minimum absolute atomic E-state index is 0.0402. The number of aromatic nitrogens is 1. The highest BCUT2D eigenvalue weighted by Gasteiger charge is 2.22. The molecular formula is C17H14ClNO3S. The number of sulfone groups is 1. The van der Waals surface area contributed by atoms with E-state index in [4.69, 9.17) is 11.6 Å². The second-order valence-corrected chi connectivity index (χ2v) is 7.53. The highest BCUT2D eigenvalue weighted by Crippen LogP contribution is 2.21. The third-order valence-electron chi connectivity index (χ3n) is 3.73. The predicted molar refractivity (Wildman–Crippen MR) is 90.9 cm³/mol. The zero-order chi connectivity index (χ0) is 16.6. The zero-order valence-electron chi connectivity index (χ0n) is 12.3. The van der Waals surface area contributed by atoms with Crippen LogP contribution in [0.5, 0.6) is 0 Å². The molecule has 4 nitrogen and oxygen atoms in total. The fourth-order valence-electron chi connectivity index (χ4n) is 2.41. The SMILES string of the molecule is CCc1ccc2[nH]cc(S(=O)(=O)c3ccc(Cl)cc3)c(=O)c2c1. The van der Waals surface area contributed by atoms with Crippen molar-refractivity contribution in [2.75, 3.05) is 0 Å². The first kappa shape index (κ1) is 15.8. The third-order valence-corrected chi connectivity index (χ3v) is 5.76. The van der Waals surface area contributed by atoms with Gasteiger partial charge in [-0.25, -0.2) is 8.42 Å². The Morgan fingerprint density at radius 1 is 1.09 bits per heavy atom. The van der Waals surface area contributed by atoms with E-state index >= 15 is 0 Å². The largest absolute Gasteiger partial charge is 0.360 e. The van der Waals surface area contributed by atoms with Gasteiger partial charge in [-0.3, -0.25) is 4.79 Å². The molecule has 118 valence electrons. The Balaban J connectivity index is 2.25. The Bertz CT molecular complexity index is 1040. The maximum Gasteiger partial charge on any atom is 0.211 e. The van der Waals surface area contributed by atoms with Crippen molar-refractivity contribution in [3.63, 3.8) is 0 Å². The van der Waals surface area contributed by atoms with Crippen LogP contribution in [0.15, 0.2) is 63.2 Å². The Morgan fingerprint density at radius 2 is 1.78 bits per heavy atom. The topological polar surface area (TPSA) is 67.0 Å². The molecular weight excluding hydrogens is 334 g/mol. The summed E-state index contributed by atoms with van der Waals surface area (Å²) in [5, 5.41) is 0.809. The number of hydrogen-bond acceptors (Lipinski definition) is 3. The number of nitrogens with one attached hydrogen (secondary N) is 1. The van der Waals surface area contributed by atoms with Gasteiger partial charge in [-0.1, -0.05) is 24.6 Å². The van der Waals surface area contributed by atoms with Crippen LogP contribution in [-0.4, -0.2) is 13.4 Å². The van der Waals surface area contributed by atoms with Gasteiger partial charge in [0.15, 0.2) is 0 Å². The van der Waals surface area contributed by atoms with Crippen molar-refractivity contribution in [3.05, 3.63) is 69.5 Å². The maximum absolute atomic E-state index is 12.7. The molecule has 2 aromatic carbocycles. The average molecular weight is 348 g/mol. The lowest BCUT2D eigenvalue weighted by atomic mass is 10.1. The first-order chi connectivity index (χ1) is 10.9. The van der Waals surface area contributed by atoms with Gasteiger partial charge in [0.2, 0.25) is 15.3 Å². The zero-order valence-corrected chi connectivity index (χ0v) is 13.9. The van der Waals surface area contributed by atoms with E-state index < -0.39 is 15.3 Å². The second-order valence-electron chi connectivity index (χ2n) is 5.17. The van der Waals surface area contributed by atoms with E-state index in [9.17, 15) is 13.2 Å². The van der Waals surface area contributed by atoms with Gasteiger partial charge in [0.25, 0.3) is 0 Å². The van der Waals surface area contributed by atoms with Crippen molar-refractivity contribution in [1.29, 1.82) is 0 Å². The molecule has 0 saturated heterocycles. The Kier molecular flexibility index (Phi) is 4.00. The monoisotopic (exact) mass is 347 g/mol. The van der Waals surface area contributed by atoms with Gasteiger partial charge in [0.1, 0.15) is 4.90 Å². The summed E-state index contributed by atoms with van der Waals surface area (Å²) >= 11 is 5.79. The molecule has 1 heterocycles. The summed E-state index contributed by atoms with van der Waals surface area (Å²) in [5.74, 6) is 0. The summed E-state index contributed by atoms with van der Waals surface area (Å²) in [6.45, 7) is 1.98. The number of pyridine rings is 1. The lowest BCUT2D eigenvalue weighted by Crippen LogP contribution is -2.16. The molecule has 0 fully saturated rings. The molecule has 0 aliphatic rings. The second kappa shape index (κ2) is 5.83. The van der Waals surface area contributed by atoms with Gasteiger partial charge < -0.3 is 4.98 Å². The van der Waals surface area contributed by atoms with Crippen LogP contribution in [-0.2, 0) is 16.3 Å². The van der Waals surface area contributed by atoms with Crippen LogP contribution >= 0.6 is 11.6 Å². The van der Waals surface area contributed by atoms with E-state index in [2.05, 4.69) is 4.98 Å². The van der Waals surface area contributed by atoms with E-state index in [1.165, 1.54) is 30.5 Å². The normalized spacial score (nSPS) is 11.7. The van der Waals surface area contributed by atoms with Crippen molar-refractivity contribution >= 4 is 32.3 Å². The first-order valence-corrected chi connectivity index (χ1v) is 8.94. The van der Waals surface area contributed by atoms with Crippen molar-refractivity contribution in [2.45, 2.75) is 23.1 Å². The van der Waals surface area contributed by atoms with Gasteiger partial charge in [-0.2, -0.15) is 0 Å². The van der Waals surface area contributed by atoms with Crippen LogP contribution in [0.25, 0.3) is 10.9 Å². The van der Waals surface area contributed by atoms with Gasteiger partial charge >= 0.3 is 0 Å². The van der Waals surface area contributed by atoms with E-state index in [1.807, 2.05) is 13.0 Å². The molecule has 1 aromatic heterocycles. The van der Waals surface area contributed by atoms with Crippen LogP contribution in [0.3, 0.4) is 0 Å². The van der Waals surface area contributed by atoms with Gasteiger partial charge in [-0.15, -0.1) is 0 Å². The van der Waals surface area contributed by atoms with E-state index in [0.29, 0.717) is 15.9 Å². The summed E-state index contributed by atoms with van der Waals surface area (Å²) in [7, 11) is -3.90. The molecule has 3 aromatic rings. The van der Waals surface area contributed by atoms with Gasteiger partial charge in [0, 0.05) is 22.1 Å². The molecule has 0 spiro atoms. The average Bonchev–Trinajstić information content (AvgIpc) is 2.55. The molecule has 6 heteroatoms. The van der Waals surface area contributed by atoms with E-state index in [1.54, 1.807) is 12.1 Å². The minimum atomic E-state index is -3.90. The Labute approximate surface area is 138 Å². The molecule has 3 rings (SSSR count). The number of H-pyrrole nitrogens is 1. The summed E-state index contributed by atoms with van der Waals surface area (Å²) in [5.41, 5.74) is 1.09. The molecule has 0 atom stereocenters. The number of fused-ring (bicyclic) bond motifs is 1. The van der Waals surface area contributed by atoms with Crippen LogP contribution < -0.4 is 5.43 Å². The number of benzene rings is 2. The summed E-state index contributed by atoms with van der Waals surface area (Å²) in [4.78, 5) is 15.3. The highest BCUT2D eigenvalue weighted by atomic mass is 35.5.